The Bertz CT molecular complexity index is 385. The van der Waals surface area contributed by atoms with Gasteiger partial charge in [0.1, 0.15) is 0 Å². The summed E-state index contributed by atoms with van der Waals surface area (Å²) < 4.78 is 1.79. The summed E-state index contributed by atoms with van der Waals surface area (Å²) in [5.41, 5.74) is 2.17. The van der Waals surface area contributed by atoms with Gasteiger partial charge in [0.25, 0.3) is 0 Å². The molecule has 0 bridgehead atoms. The van der Waals surface area contributed by atoms with Crippen LogP contribution in [0.25, 0.3) is 0 Å². The summed E-state index contributed by atoms with van der Waals surface area (Å²) in [7, 11) is 1.90. The number of carboxylic acids is 1. The molecule has 1 aromatic rings. The summed E-state index contributed by atoms with van der Waals surface area (Å²) in [6, 6.07) is 0.328. The van der Waals surface area contributed by atoms with E-state index in [1.165, 1.54) is 0 Å². The van der Waals surface area contributed by atoms with Gasteiger partial charge in [0, 0.05) is 37.9 Å². The van der Waals surface area contributed by atoms with Gasteiger partial charge in [-0.1, -0.05) is 0 Å². The SMILES string of the molecule is Cc1nn(C)cc1CN(CCC(=O)O)C(C)C. The van der Waals surface area contributed by atoms with Crippen LogP contribution in [0.3, 0.4) is 0 Å². The molecule has 0 atom stereocenters. The van der Waals surface area contributed by atoms with E-state index >= 15 is 0 Å². The van der Waals surface area contributed by atoms with E-state index < -0.39 is 5.97 Å². The predicted octanol–water partition coefficient (Wildman–Crippen LogP) is 1.41. The Hall–Kier alpha value is -1.36. The molecule has 0 fully saturated rings. The monoisotopic (exact) mass is 239 g/mol. The Labute approximate surface area is 102 Å². The third kappa shape index (κ3) is 4.19. The molecule has 1 aromatic heterocycles. The first-order chi connectivity index (χ1) is 7.90. The molecule has 1 N–H and O–H groups in total. The maximum absolute atomic E-state index is 10.6. The molecule has 0 spiro atoms. The van der Waals surface area contributed by atoms with Gasteiger partial charge in [-0.05, 0) is 20.8 Å². The Morgan fingerprint density at radius 1 is 1.59 bits per heavy atom. The van der Waals surface area contributed by atoms with Gasteiger partial charge < -0.3 is 5.11 Å². The number of aryl methyl sites for hydroxylation is 2. The molecule has 0 aliphatic heterocycles. The van der Waals surface area contributed by atoms with Crippen LogP contribution in [-0.2, 0) is 18.4 Å². The molecule has 1 rings (SSSR count). The lowest BCUT2D eigenvalue weighted by Crippen LogP contribution is -2.32. The Morgan fingerprint density at radius 3 is 2.65 bits per heavy atom. The summed E-state index contributed by atoms with van der Waals surface area (Å²) in [6.07, 6.45) is 2.17. The number of carbonyl (C=O) groups is 1. The minimum atomic E-state index is -0.751. The van der Waals surface area contributed by atoms with Crippen molar-refractivity contribution in [3.8, 4) is 0 Å². The van der Waals surface area contributed by atoms with Crippen LogP contribution in [0.2, 0.25) is 0 Å². The van der Waals surface area contributed by atoms with Crippen molar-refractivity contribution >= 4 is 5.97 Å². The molecule has 0 aromatic carbocycles. The van der Waals surface area contributed by atoms with Crippen LogP contribution in [-0.4, -0.2) is 38.3 Å². The van der Waals surface area contributed by atoms with Gasteiger partial charge in [-0.2, -0.15) is 5.10 Å². The Morgan fingerprint density at radius 2 is 2.24 bits per heavy atom. The largest absolute Gasteiger partial charge is 0.481 e. The average molecular weight is 239 g/mol. The molecule has 0 aliphatic carbocycles. The highest BCUT2D eigenvalue weighted by molar-refractivity contribution is 5.66. The molecule has 96 valence electrons. The summed E-state index contributed by atoms with van der Waals surface area (Å²) in [5, 5.41) is 13.0. The van der Waals surface area contributed by atoms with E-state index in [1.807, 2.05) is 20.2 Å². The van der Waals surface area contributed by atoms with E-state index in [9.17, 15) is 4.79 Å². The Balaban J connectivity index is 2.66. The van der Waals surface area contributed by atoms with Crippen molar-refractivity contribution in [1.29, 1.82) is 0 Å². The summed E-state index contributed by atoms with van der Waals surface area (Å²) in [5.74, 6) is -0.751. The zero-order valence-corrected chi connectivity index (χ0v) is 11.0. The van der Waals surface area contributed by atoms with Gasteiger partial charge in [0.05, 0.1) is 12.1 Å². The molecule has 0 amide bonds. The smallest absolute Gasteiger partial charge is 0.304 e. The zero-order chi connectivity index (χ0) is 13.0. The van der Waals surface area contributed by atoms with E-state index in [-0.39, 0.29) is 6.42 Å². The molecule has 0 unspecified atom stereocenters. The second-order valence-electron chi connectivity index (χ2n) is 4.62. The topological polar surface area (TPSA) is 58.4 Å². The molecular formula is C12H21N3O2. The van der Waals surface area contributed by atoms with Crippen LogP contribution >= 0.6 is 0 Å². The summed E-state index contributed by atoms with van der Waals surface area (Å²) in [4.78, 5) is 12.8. The van der Waals surface area contributed by atoms with Gasteiger partial charge in [0.15, 0.2) is 0 Å². The molecule has 5 heteroatoms. The fraction of sp³-hybridized carbons (Fsp3) is 0.667. The van der Waals surface area contributed by atoms with Crippen LogP contribution in [0, 0.1) is 6.92 Å². The van der Waals surface area contributed by atoms with Gasteiger partial charge in [-0.3, -0.25) is 14.4 Å². The van der Waals surface area contributed by atoms with Crippen LogP contribution in [0.15, 0.2) is 6.20 Å². The highest BCUT2D eigenvalue weighted by Crippen LogP contribution is 2.11. The number of aliphatic carboxylic acids is 1. The first kappa shape index (κ1) is 13.7. The number of hydrogen-bond acceptors (Lipinski definition) is 3. The minimum absolute atomic E-state index is 0.178. The molecule has 0 aliphatic rings. The van der Waals surface area contributed by atoms with Crippen molar-refractivity contribution in [3.63, 3.8) is 0 Å². The minimum Gasteiger partial charge on any atom is -0.481 e. The summed E-state index contributed by atoms with van der Waals surface area (Å²) >= 11 is 0. The number of nitrogens with zero attached hydrogens (tertiary/aromatic N) is 3. The van der Waals surface area contributed by atoms with E-state index in [0.717, 1.165) is 17.8 Å². The maximum atomic E-state index is 10.6. The lowest BCUT2D eigenvalue weighted by Gasteiger charge is -2.25. The van der Waals surface area contributed by atoms with Crippen LogP contribution < -0.4 is 0 Å². The lowest BCUT2D eigenvalue weighted by molar-refractivity contribution is -0.137. The van der Waals surface area contributed by atoms with Crippen LogP contribution in [0.5, 0.6) is 0 Å². The van der Waals surface area contributed by atoms with E-state index in [0.29, 0.717) is 12.6 Å². The van der Waals surface area contributed by atoms with Crippen LogP contribution in [0.1, 0.15) is 31.5 Å². The second kappa shape index (κ2) is 5.82. The molecular weight excluding hydrogens is 218 g/mol. The fourth-order valence-electron chi connectivity index (χ4n) is 1.78. The van der Waals surface area contributed by atoms with Gasteiger partial charge >= 0.3 is 5.97 Å². The number of hydrogen-bond donors (Lipinski definition) is 1. The lowest BCUT2D eigenvalue weighted by atomic mass is 10.2. The normalized spacial score (nSPS) is 11.4. The Kier molecular flexibility index (Phi) is 4.69. The average Bonchev–Trinajstić information content (AvgIpc) is 2.51. The van der Waals surface area contributed by atoms with Gasteiger partial charge in [0.2, 0.25) is 0 Å². The first-order valence-corrected chi connectivity index (χ1v) is 5.85. The van der Waals surface area contributed by atoms with Crippen molar-refractivity contribution in [2.45, 2.75) is 39.8 Å². The first-order valence-electron chi connectivity index (χ1n) is 5.85. The fourth-order valence-corrected chi connectivity index (χ4v) is 1.78. The molecule has 0 saturated carbocycles. The number of carboxylic acid groups (broad SMARTS) is 1. The van der Waals surface area contributed by atoms with Crippen molar-refractivity contribution in [2.24, 2.45) is 7.05 Å². The predicted molar refractivity (Wildman–Crippen MR) is 65.7 cm³/mol. The number of aromatic nitrogens is 2. The summed E-state index contributed by atoms with van der Waals surface area (Å²) in [6.45, 7) is 7.46. The molecule has 17 heavy (non-hydrogen) atoms. The standard InChI is InChI=1S/C12H21N3O2/c1-9(2)15(6-5-12(16)17)8-11-7-14(4)13-10(11)3/h7,9H,5-6,8H2,1-4H3,(H,16,17). The van der Waals surface area contributed by atoms with Crippen molar-refractivity contribution in [1.82, 2.24) is 14.7 Å². The number of rotatable bonds is 6. The molecule has 0 radical (unpaired) electrons. The van der Waals surface area contributed by atoms with Gasteiger partial charge in [-0.15, -0.1) is 0 Å². The third-order valence-electron chi connectivity index (χ3n) is 2.83. The van der Waals surface area contributed by atoms with E-state index in [4.69, 9.17) is 5.11 Å². The van der Waals surface area contributed by atoms with E-state index in [1.54, 1.807) is 4.68 Å². The third-order valence-corrected chi connectivity index (χ3v) is 2.83. The quantitative estimate of drug-likeness (QED) is 0.815. The van der Waals surface area contributed by atoms with Gasteiger partial charge in [-0.25, -0.2) is 0 Å². The molecule has 5 nitrogen and oxygen atoms in total. The highest BCUT2D eigenvalue weighted by atomic mass is 16.4. The maximum Gasteiger partial charge on any atom is 0.304 e. The van der Waals surface area contributed by atoms with Crippen LogP contribution in [0.4, 0.5) is 0 Å². The van der Waals surface area contributed by atoms with E-state index in [2.05, 4.69) is 23.8 Å². The van der Waals surface area contributed by atoms with Crippen molar-refractivity contribution in [2.75, 3.05) is 6.54 Å². The van der Waals surface area contributed by atoms with Crippen molar-refractivity contribution in [3.05, 3.63) is 17.5 Å². The zero-order valence-electron chi connectivity index (χ0n) is 11.0. The molecule has 1 heterocycles. The van der Waals surface area contributed by atoms with Crippen molar-refractivity contribution < 1.29 is 9.90 Å². The molecule has 0 saturated heterocycles. The highest BCUT2D eigenvalue weighted by Gasteiger charge is 2.14. The second-order valence-corrected chi connectivity index (χ2v) is 4.62.